The van der Waals surface area contributed by atoms with E-state index in [1.54, 1.807) is 6.07 Å². The molecule has 7 heteroatoms. The lowest BCUT2D eigenvalue weighted by Gasteiger charge is -2.23. The summed E-state index contributed by atoms with van der Waals surface area (Å²) in [4.78, 5) is 51.2. The fourth-order valence-electron chi connectivity index (χ4n) is 5.19. The van der Waals surface area contributed by atoms with E-state index in [2.05, 4.69) is 5.32 Å². The van der Waals surface area contributed by atoms with Crippen molar-refractivity contribution < 1.29 is 23.9 Å². The van der Waals surface area contributed by atoms with Crippen LogP contribution in [0.5, 0.6) is 0 Å². The molecule has 3 amide bonds. The molecular formula is C22H26N2O5. The van der Waals surface area contributed by atoms with Gasteiger partial charge in [-0.1, -0.05) is 6.07 Å². The minimum atomic E-state index is -1.02. The number of nitrogens with one attached hydrogen (secondary N) is 1. The van der Waals surface area contributed by atoms with Gasteiger partial charge in [0.05, 0.1) is 11.8 Å². The average Bonchev–Trinajstić information content (AvgIpc) is 3.36. The maximum atomic E-state index is 12.8. The summed E-state index contributed by atoms with van der Waals surface area (Å²) in [5.74, 6) is -1.74. The predicted molar refractivity (Wildman–Crippen MR) is 105 cm³/mol. The number of amides is 3. The Morgan fingerprint density at radius 2 is 1.72 bits per heavy atom. The first kappa shape index (κ1) is 19.6. The van der Waals surface area contributed by atoms with Crippen molar-refractivity contribution in [1.82, 2.24) is 4.90 Å². The van der Waals surface area contributed by atoms with E-state index in [1.807, 2.05) is 26.0 Å². The summed E-state index contributed by atoms with van der Waals surface area (Å²) in [5.41, 5.74) is 2.77. The zero-order valence-electron chi connectivity index (χ0n) is 16.9. The summed E-state index contributed by atoms with van der Waals surface area (Å²) < 4.78 is 5.10. The van der Waals surface area contributed by atoms with E-state index in [1.165, 1.54) is 6.92 Å². The van der Waals surface area contributed by atoms with Crippen LogP contribution in [0.2, 0.25) is 0 Å². The van der Waals surface area contributed by atoms with Gasteiger partial charge in [-0.05, 0) is 75.1 Å². The predicted octanol–water partition coefficient (Wildman–Crippen LogP) is 2.20. The van der Waals surface area contributed by atoms with Crippen LogP contribution in [0, 0.1) is 37.5 Å². The Bertz CT molecular complexity index is 867. The molecule has 2 bridgehead atoms. The normalized spacial score (nSPS) is 28.4. The summed E-state index contributed by atoms with van der Waals surface area (Å²) >= 11 is 0. The Morgan fingerprint density at radius 3 is 2.31 bits per heavy atom. The number of imide groups is 1. The Hall–Kier alpha value is -2.70. The first-order valence-electron chi connectivity index (χ1n) is 10.2. The number of nitrogens with zero attached hydrogens (tertiary/aromatic N) is 1. The number of benzene rings is 1. The molecule has 154 valence electrons. The molecule has 1 aliphatic heterocycles. The van der Waals surface area contributed by atoms with Gasteiger partial charge in [0.25, 0.3) is 5.91 Å². The second-order valence-electron chi connectivity index (χ2n) is 8.56. The number of rotatable bonds is 5. The van der Waals surface area contributed by atoms with E-state index in [-0.39, 0.29) is 35.5 Å². The van der Waals surface area contributed by atoms with Gasteiger partial charge in [0, 0.05) is 5.69 Å². The van der Waals surface area contributed by atoms with Gasteiger partial charge in [-0.2, -0.15) is 0 Å². The van der Waals surface area contributed by atoms with Crippen LogP contribution in [-0.2, 0) is 23.9 Å². The quantitative estimate of drug-likeness (QED) is 0.606. The lowest BCUT2D eigenvalue weighted by molar-refractivity contribution is -0.159. The average molecular weight is 398 g/mol. The Kier molecular flexibility index (Phi) is 4.92. The van der Waals surface area contributed by atoms with Crippen molar-refractivity contribution in [2.75, 3.05) is 11.9 Å². The highest BCUT2D eigenvalue weighted by molar-refractivity contribution is 6.08. The first-order chi connectivity index (χ1) is 13.8. The number of hydrogen-bond acceptors (Lipinski definition) is 5. The largest absolute Gasteiger partial charge is 0.454 e. The standard InChI is InChI=1S/C22H26N2O5/c1-11-4-7-16(8-12(11)2)23-17(25)10-29-22(28)13(3)24-20(26)18-14-5-6-15(9-14)19(18)21(24)27/h4,7-8,13-15,18-19H,5-6,9-10H2,1-3H3,(H,23,25)/t13-,14-,15+,18-,19+/m0/s1. The van der Waals surface area contributed by atoms with Crippen LogP contribution in [0.1, 0.15) is 37.3 Å². The third kappa shape index (κ3) is 3.32. The molecule has 3 aliphatic rings. The van der Waals surface area contributed by atoms with Crippen molar-refractivity contribution in [2.24, 2.45) is 23.7 Å². The zero-order valence-corrected chi connectivity index (χ0v) is 16.9. The van der Waals surface area contributed by atoms with Gasteiger partial charge >= 0.3 is 5.97 Å². The zero-order chi connectivity index (χ0) is 20.9. The Labute approximate surface area is 169 Å². The lowest BCUT2D eigenvalue weighted by atomic mass is 9.81. The third-order valence-corrected chi connectivity index (χ3v) is 6.83. The Morgan fingerprint density at radius 1 is 1.10 bits per heavy atom. The number of esters is 1. The van der Waals surface area contributed by atoms with Crippen molar-refractivity contribution in [3.8, 4) is 0 Å². The molecule has 1 saturated heterocycles. The molecule has 0 unspecified atom stereocenters. The highest BCUT2D eigenvalue weighted by Crippen LogP contribution is 2.56. The third-order valence-electron chi connectivity index (χ3n) is 6.83. The van der Waals surface area contributed by atoms with E-state index in [0.29, 0.717) is 5.69 Å². The fourth-order valence-corrected chi connectivity index (χ4v) is 5.19. The van der Waals surface area contributed by atoms with Gasteiger partial charge in [-0.3, -0.25) is 19.3 Å². The molecule has 3 fully saturated rings. The summed E-state index contributed by atoms with van der Waals surface area (Å²) in [6.45, 7) is 4.94. The highest BCUT2D eigenvalue weighted by atomic mass is 16.5. The number of aryl methyl sites for hydroxylation is 2. The molecule has 2 aliphatic carbocycles. The molecule has 1 aromatic carbocycles. The van der Waals surface area contributed by atoms with Crippen LogP contribution >= 0.6 is 0 Å². The Balaban J connectivity index is 1.34. The van der Waals surface area contributed by atoms with Gasteiger partial charge in [-0.15, -0.1) is 0 Å². The molecule has 29 heavy (non-hydrogen) atoms. The van der Waals surface area contributed by atoms with Crippen LogP contribution in [0.15, 0.2) is 18.2 Å². The van der Waals surface area contributed by atoms with Crippen molar-refractivity contribution in [2.45, 2.75) is 46.1 Å². The molecule has 1 N–H and O–H groups in total. The summed E-state index contributed by atoms with van der Waals surface area (Å²) in [6, 6.07) is 4.49. The highest BCUT2D eigenvalue weighted by Gasteiger charge is 2.62. The van der Waals surface area contributed by atoms with Crippen molar-refractivity contribution in [3.63, 3.8) is 0 Å². The monoisotopic (exact) mass is 398 g/mol. The molecule has 5 atom stereocenters. The minimum absolute atomic E-state index is 0.253. The number of likely N-dealkylation sites (tertiary alicyclic amines) is 1. The van der Waals surface area contributed by atoms with Gasteiger partial charge in [-0.25, -0.2) is 4.79 Å². The van der Waals surface area contributed by atoms with Crippen LogP contribution in [0.25, 0.3) is 0 Å². The number of fused-ring (bicyclic) bond motifs is 5. The minimum Gasteiger partial charge on any atom is -0.454 e. The number of carbonyl (C=O) groups excluding carboxylic acids is 4. The molecule has 0 radical (unpaired) electrons. The maximum absolute atomic E-state index is 12.8. The lowest BCUT2D eigenvalue weighted by Crippen LogP contribution is -2.45. The summed E-state index contributed by atoms with van der Waals surface area (Å²) in [6.07, 6.45) is 2.91. The van der Waals surface area contributed by atoms with Crippen molar-refractivity contribution in [3.05, 3.63) is 29.3 Å². The molecular weight excluding hydrogens is 372 g/mol. The topological polar surface area (TPSA) is 92.8 Å². The van der Waals surface area contributed by atoms with Crippen LogP contribution in [0.3, 0.4) is 0 Å². The van der Waals surface area contributed by atoms with E-state index in [4.69, 9.17) is 4.74 Å². The summed E-state index contributed by atoms with van der Waals surface area (Å²) in [5, 5.41) is 2.68. The molecule has 7 nitrogen and oxygen atoms in total. The summed E-state index contributed by atoms with van der Waals surface area (Å²) in [7, 11) is 0. The van der Waals surface area contributed by atoms with E-state index < -0.39 is 24.5 Å². The molecule has 4 rings (SSSR count). The van der Waals surface area contributed by atoms with E-state index in [0.717, 1.165) is 35.3 Å². The molecule has 1 heterocycles. The SMILES string of the molecule is Cc1ccc(NC(=O)COC(=O)[C@H](C)N2C(=O)[C@@H]3[C@@H]4CC[C@@H](C4)[C@@H]3C2=O)cc1C. The van der Waals surface area contributed by atoms with Crippen LogP contribution < -0.4 is 5.32 Å². The smallest absolute Gasteiger partial charge is 0.329 e. The number of anilines is 1. The molecule has 0 spiro atoms. The fraction of sp³-hybridized carbons (Fsp3) is 0.545. The van der Waals surface area contributed by atoms with E-state index >= 15 is 0 Å². The van der Waals surface area contributed by atoms with Crippen molar-refractivity contribution in [1.29, 1.82) is 0 Å². The van der Waals surface area contributed by atoms with Gasteiger partial charge in [0.1, 0.15) is 6.04 Å². The number of hydrogen-bond donors (Lipinski definition) is 1. The number of ether oxygens (including phenoxy) is 1. The van der Waals surface area contributed by atoms with Crippen LogP contribution in [-0.4, -0.2) is 41.2 Å². The molecule has 1 aromatic rings. The van der Waals surface area contributed by atoms with Gasteiger partial charge in [0.2, 0.25) is 11.8 Å². The second-order valence-corrected chi connectivity index (χ2v) is 8.56. The molecule has 0 aromatic heterocycles. The first-order valence-corrected chi connectivity index (χ1v) is 10.2. The maximum Gasteiger partial charge on any atom is 0.329 e. The van der Waals surface area contributed by atoms with E-state index in [9.17, 15) is 19.2 Å². The molecule has 2 saturated carbocycles. The van der Waals surface area contributed by atoms with Gasteiger partial charge < -0.3 is 10.1 Å². The van der Waals surface area contributed by atoms with Crippen LogP contribution in [0.4, 0.5) is 5.69 Å². The number of carbonyl (C=O) groups is 4. The van der Waals surface area contributed by atoms with Gasteiger partial charge in [0.15, 0.2) is 6.61 Å². The second kappa shape index (κ2) is 7.28. The van der Waals surface area contributed by atoms with Crippen molar-refractivity contribution >= 4 is 29.4 Å².